The molecule has 3 rings (SSSR count). The standard InChI is InChI=1S/C15H12N6/c1-10-7-11(3-5-17-10)14-19-15(21(2)20-14)12-4-6-18-13(8-12)9-16/h3-8H,1-2H3. The number of nitriles is 1. The maximum Gasteiger partial charge on any atom is 0.181 e. The van der Waals surface area contributed by atoms with Gasteiger partial charge in [0.15, 0.2) is 11.6 Å². The minimum Gasteiger partial charge on any atom is -0.262 e. The van der Waals surface area contributed by atoms with E-state index in [0.717, 1.165) is 16.8 Å². The summed E-state index contributed by atoms with van der Waals surface area (Å²) >= 11 is 0. The molecule has 0 N–H and O–H groups in total. The Hall–Kier alpha value is -3.07. The Morgan fingerprint density at radius 2 is 1.86 bits per heavy atom. The third-order valence-corrected chi connectivity index (χ3v) is 3.05. The summed E-state index contributed by atoms with van der Waals surface area (Å²) in [4.78, 5) is 12.7. The third-order valence-electron chi connectivity index (χ3n) is 3.05. The number of hydrogen-bond donors (Lipinski definition) is 0. The van der Waals surface area contributed by atoms with Crippen LogP contribution in [-0.2, 0) is 7.05 Å². The molecule has 0 bridgehead atoms. The molecule has 0 amide bonds. The lowest BCUT2D eigenvalue weighted by Gasteiger charge is -1.99. The molecule has 0 radical (unpaired) electrons. The van der Waals surface area contributed by atoms with Gasteiger partial charge in [0, 0.05) is 36.3 Å². The zero-order chi connectivity index (χ0) is 14.8. The molecule has 0 spiro atoms. The zero-order valence-electron chi connectivity index (χ0n) is 11.6. The van der Waals surface area contributed by atoms with Crippen molar-refractivity contribution in [3.63, 3.8) is 0 Å². The number of aromatic nitrogens is 5. The highest BCUT2D eigenvalue weighted by atomic mass is 15.3. The molecule has 0 aromatic carbocycles. The summed E-state index contributed by atoms with van der Waals surface area (Å²) < 4.78 is 1.70. The van der Waals surface area contributed by atoms with Crippen molar-refractivity contribution in [3.8, 4) is 28.8 Å². The normalized spacial score (nSPS) is 10.3. The van der Waals surface area contributed by atoms with Gasteiger partial charge >= 0.3 is 0 Å². The smallest absolute Gasteiger partial charge is 0.181 e. The van der Waals surface area contributed by atoms with Crippen molar-refractivity contribution in [2.24, 2.45) is 7.05 Å². The fraction of sp³-hybridized carbons (Fsp3) is 0.133. The SMILES string of the molecule is Cc1cc(-c2nc(-c3ccnc(C#N)c3)n(C)n2)ccn1. The van der Waals surface area contributed by atoms with Crippen LogP contribution in [0.25, 0.3) is 22.8 Å². The van der Waals surface area contributed by atoms with E-state index in [0.29, 0.717) is 17.3 Å². The molecule has 3 aromatic rings. The summed E-state index contributed by atoms with van der Waals surface area (Å²) in [7, 11) is 1.83. The first kappa shape index (κ1) is 12.9. The lowest BCUT2D eigenvalue weighted by molar-refractivity contribution is 0.777. The van der Waals surface area contributed by atoms with E-state index >= 15 is 0 Å². The highest BCUT2D eigenvalue weighted by Gasteiger charge is 2.12. The minimum absolute atomic E-state index is 0.358. The van der Waals surface area contributed by atoms with Crippen LogP contribution in [0, 0.1) is 18.3 Å². The molecule has 6 heteroatoms. The van der Waals surface area contributed by atoms with E-state index in [-0.39, 0.29) is 0 Å². The molecule has 0 aliphatic rings. The molecule has 3 heterocycles. The average molecular weight is 276 g/mol. The van der Waals surface area contributed by atoms with Crippen LogP contribution in [0.1, 0.15) is 11.4 Å². The number of aryl methyl sites for hydroxylation is 2. The number of rotatable bonds is 2. The second-order valence-electron chi connectivity index (χ2n) is 4.61. The largest absolute Gasteiger partial charge is 0.262 e. The van der Waals surface area contributed by atoms with Crippen LogP contribution in [0.5, 0.6) is 0 Å². The Labute approximate surface area is 121 Å². The first-order valence-corrected chi connectivity index (χ1v) is 6.38. The second-order valence-corrected chi connectivity index (χ2v) is 4.61. The minimum atomic E-state index is 0.358. The Bertz CT molecular complexity index is 843. The van der Waals surface area contributed by atoms with E-state index in [2.05, 4.69) is 20.1 Å². The van der Waals surface area contributed by atoms with Gasteiger partial charge in [0.2, 0.25) is 0 Å². The van der Waals surface area contributed by atoms with Gasteiger partial charge in [-0.1, -0.05) is 0 Å². The molecule has 6 nitrogen and oxygen atoms in total. The van der Waals surface area contributed by atoms with Crippen LogP contribution in [0.2, 0.25) is 0 Å². The summed E-state index contributed by atoms with van der Waals surface area (Å²) in [6.07, 6.45) is 3.33. The van der Waals surface area contributed by atoms with Gasteiger partial charge in [0.25, 0.3) is 0 Å². The summed E-state index contributed by atoms with van der Waals surface area (Å²) in [5.74, 6) is 1.33. The third kappa shape index (κ3) is 2.49. The molecular weight excluding hydrogens is 264 g/mol. The molecule has 0 saturated carbocycles. The van der Waals surface area contributed by atoms with Crippen LogP contribution in [0.15, 0.2) is 36.7 Å². The van der Waals surface area contributed by atoms with Crippen LogP contribution < -0.4 is 0 Å². The van der Waals surface area contributed by atoms with E-state index < -0.39 is 0 Å². The van der Waals surface area contributed by atoms with Crippen molar-refractivity contribution in [1.29, 1.82) is 5.26 Å². The first-order chi connectivity index (χ1) is 10.2. The van der Waals surface area contributed by atoms with Gasteiger partial charge in [0.1, 0.15) is 11.8 Å². The van der Waals surface area contributed by atoms with E-state index in [1.165, 1.54) is 0 Å². The van der Waals surface area contributed by atoms with Gasteiger partial charge in [-0.25, -0.2) is 14.6 Å². The van der Waals surface area contributed by atoms with Crippen molar-refractivity contribution in [2.45, 2.75) is 6.92 Å². The van der Waals surface area contributed by atoms with Crippen molar-refractivity contribution in [3.05, 3.63) is 48.0 Å². The quantitative estimate of drug-likeness (QED) is 0.716. The van der Waals surface area contributed by atoms with E-state index in [9.17, 15) is 0 Å². The lowest BCUT2D eigenvalue weighted by atomic mass is 10.2. The molecule has 0 aliphatic carbocycles. The number of hydrogen-bond acceptors (Lipinski definition) is 5. The van der Waals surface area contributed by atoms with Crippen LogP contribution >= 0.6 is 0 Å². The van der Waals surface area contributed by atoms with Gasteiger partial charge in [-0.05, 0) is 31.2 Å². The molecule has 21 heavy (non-hydrogen) atoms. The molecule has 3 aromatic heterocycles. The monoisotopic (exact) mass is 276 g/mol. The predicted molar refractivity (Wildman–Crippen MR) is 76.9 cm³/mol. The maximum absolute atomic E-state index is 8.93. The molecule has 0 fully saturated rings. The van der Waals surface area contributed by atoms with Crippen molar-refractivity contribution in [1.82, 2.24) is 24.7 Å². The molecule has 102 valence electrons. The van der Waals surface area contributed by atoms with Gasteiger partial charge in [-0.2, -0.15) is 10.4 Å². The highest BCUT2D eigenvalue weighted by Crippen LogP contribution is 2.22. The molecule has 0 aliphatic heterocycles. The summed E-state index contributed by atoms with van der Waals surface area (Å²) in [5, 5.41) is 13.4. The Kier molecular flexibility index (Phi) is 3.16. The summed E-state index contributed by atoms with van der Waals surface area (Å²) in [5.41, 5.74) is 3.00. The Morgan fingerprint density at radius 3 is 2.62 bits per heavy atom. The Morgan fingerprint density at radius 1 is 1.10 bits per heavy atom. The fourth-order valence-electron chi connectivity index (χ4n) is 2.07. The van der Waals surface area contributed by atoms with E-state index in [4.69, 9.17) is 5.26 Å². The summed E-state index contributed by atoms with van der Waals surface area (Å²) in [6.45, 7) is 1.93. The maximum atomic E-state index is 8.93. The van der Waals surface area contributed by atoms with Crippen LogP contribution in [0.4, 0.5) is 0 Å². The average Bonchev–Trinajstić information content (AvgIpc) is 2.89. The first-order valence-electron chi connectivity index (χ1n) is 6.38. The molecular formula is C15H12N6. The number of pyridine rings is 2. The van der Waals surface area contributed by atoms with Crippen LogP contribution in [0.3, 0.4) is 0 Å². The fourth-order valence-corrected chi connectivity index (χ4v) is 2.07. The number of nitrogens with zero attached hydrogens (tertiary/aromatic N) is 6. The van der Waals surface area contributed by atoms with Gasteiger partial charge in [-0.15, -0.1) is 0 Å². The van der Waals surface area contributed by atoms with Gasteiger partial charge in [0.05, 0.1) is 0 Å². The van der Waals surface area contributed by atoms with Gasteiger partial charge < -0.3 is 0 Å². The van der Waals surface area contributed by atoms with E-state index in [1.54, 1.807) is 23.1 Å². The van der Waals surface area contributed by atoms with Crippen molar-refractivity contribution >= 4 is 0 Å². The molecule has 0 saturated heterocycles. The van der Waals surface area contributed by atoms with Crippen molar-refractivity contribution < 1.29 is 0 Å². The van der Waals surface area contributed by atoms with Crippen LogP contribution in [-0.4, -0.2) is 24.7 Å². The second kappa shape index (κ2) is 5.13. The van der Waals surface area contributed by atoms with E-state index in [1.807, 2.05) is 38.2 Å². The summed E-state index contributed by atoms with van der Waals surface area (Å²) in [6, 6.07) is 9.35. The molecule has 0 unspecified atom stereocenters. The van der Waals surface area contributed by atoms with Gasteiger partial charge in [-0.3, -0.25) is 4.98 Å². The zero-order valence-corrected chi connectivity index (χ0v) is 11.6. The lowest BCUT2D eigenvalue weighted by Crippen LogP contribution is -1.95. The Balaban J connectivity index is 2.08. The highest BCUT2D eigenvalue weighted by molar-refractivity contribution is 5.62. The topological polar surface area (TPSA) is 80.3 Å². The predicted octanol–water partition coefficient (Wildman–Crippen LogP) is 2.12. The van der Waals surface area contributed by atoms with Crippen molar-refractivity contribution in [2.75, 3.05) is 0 Å². The molecule has 0 atom stereocenters.